The van der Waals surface area contributed by atoms with Crippen molar-refractivity contribution in [2.24, 2.45) is 0 Å². The molecular formula is C10H22N2O4P+. The first kappa shape index (κ1) is 16.6. The Morgan fingerprint density at radius 2 is 1.94 bits per heavy atom. The van der Waals surface area contributed by atoms with E-state index in [0.29, 0.717) is 24.1 Å². The Morgan fingerprint density at radius 3 is 2.47 bits per heavy atom. The molecule has 6 nitrogen and oxygen atoms in total. The van der Waals surface area contributed by atoms with E-state index in [1.807, 2.05) is 21.1 Å². The Labute approximate surface area is 103 Å². The molecule has 0 aliphatic carbocycles. The van der Waals surface area contributed by atoms with Gasteiger partial charge in [0, 0.05) is 6.54 Å². The maximum Gasteiger partial charge on any atom is 0.472 e. The number of quaternary nitrogens is 1. The molecule has 0 spiro atoms. The summed E-state index contributed by atoms with van der Waals surface area (Å²) in [5.74, 6) is 2.38. The molecule has 0 rings (SSSR count). The van der Waals surface area contributed by atoms with Gasteiger partial charge in [0.15, 0.2) is 0 Å². The number of nitrogens with one attached hydrogen (secondary N) is 1. The second-order valence-corrected chi connectivity index (χ2v) is 5.98. The Hall–Kier alpha value is -0.410. The van der Waals surface area contributed by atoms with E-state index in [1.165, 1.54) is 0 Å². The van der Waals surface area contributed by atoms with Crippen molar-refractivity contribution in [3.63, 3.8) is 0 Å². The number of phosphoric acid groups is 1. The smallest absolute Gasteiger partial charge is 0.329 e. The summed E-state index contributed by atoms with van der Waals surface area (Å²) in [5.41, 5.74) is 0. The molecule has 0 saturated carbocycles. The van der Waals surface area contributed by atoms with E-state index >= 15 is 0 Å². The summed E-state index contributed by atoms with van der Waals surface area (Å²) in [6, 6.07) is 0. The zero-order valence-corrected chi connectivity index (χ0v) is 11.6. The predicted molar refractivity (Wildman–Crippen MR) is 66.3 cm³/mol. The topological polar surface area (TPSA) is 67.8 Å². The fraction of sp³-hybridized carbons (Fsp3) is 0.800. The fourth-order valence-electron chi connectivity index (χ4n) is 0.861. The lowest BCUT2D eigenvalue weighted by atomic mass is 10.5. The quantitative estimate of drug-likeness (QED) is 0.267. The molecule has 0 saturated heterocycles. The average Bonchev–Trinajstić information content (AvgIpc) is 2.14. The van der Waals surface area contributed by atoms with Gasteiger partial charge in [-0.2, -0.15) is 0 Å². The van der Waals surface area contributed by atoms with Gasteiger partial charge >= 0.3 is 7.82 Å². The third-order valence-electron chi connectivity index (χ3n) is 1.78. The minimum atomic E-state index is -3.93. The average molecular weight is 265 g/mol. The van der Waals surface area contributed by atoms with Crippen molar-refractivity contribution in [3.8, 4) is 12.3 Å². The van der Waals surface area contributed by atoms with Gasteiger partial charge in [0.1, 0.15) is 13.2 Å². The number of phosphoric ester groups is 1. The molecule has 0 heterocycles. The van der Waals surface area contributed by atoms with Crippen molar-refractivity contribution in [1.82, 2.24) is 5.32 Å². The van der Waals surface area contributed by atoms with E-state index in [2.05, 4.69) is 11.2 Å². The molecule has 1 atom stereocenters. The molecule has 0 aromatic carbocycles. The van der Waals surface area contributed by atoms with Crippen LogP contribution < -0.4 is 5.32 Å². The lowest BCUT2D eigenvalue weighted by Crippen LogP contribution is -2.37. The van der Waals surface area contributed by atoms with Crippen molar-refractivity contribution in [3.05, 3.63) is 0 Å². The second-order valence-electron chi connectivity index (χ2n) is 4.53. The molecule has 0 aromatic rings. The van der Waals surface area contributed by atoms with Crippen molar-refractivity contribution < 1.29 is 23.0 Å². The summed E-state index contributed by atoms with van der Waals surface area (Å²) in [5, 5.41) is 2.84. The molecule has 7 heteroatoms. The van der Waals surface area contributed by atoms with Crippen LogP contribution in [0.15, 0.2) is 0 Å². The molecule has 100 valence electrons. The lowest BCUT2D eigenvalue weighted by molar-refractivity contribution is -0.870. The number of hydrogen-bond acceptors (Lipinski definition) is 4. The number of rotatable bonds is 9. The van der Waals surface area contributed by atoms with Gasteiger partial charge in [0.25, 0.3) is 0 Å². The molecular weight excluding hydrogens is 243 g/mol. The van der Waals surface area contributed by atoms with Crippen LogP contribution in [0.25, 0.3) is 0 Å². The Balaban J connectivity index is 3.67. The molecule has 0 aliphatic heterocycles. The summed E-state index contributed by atoms with van der Waals surface area (Å²) < 4.78 is 21.6. The van der Waals surface area contributed by atoms with Gasteiger partial charge < -0.3 is 14.7 Å². The van der Waals surface area contributed by atoms with E-state index in [-0.39, 0.29) is 13.2 Å². The van der Waals surface area contributed by atoms with E-state index < -0.39 is 7.82 Å². The standard InChI is InChI=1S/C10H21N2O4P/c1-5-6-11-7-9-15-17(13,14)16-10-8-12(2,3)4/h1,11H,6-10H2,2-4H3/p+1. The largest absolute Gasteiger partial charge is 0.472 e. The zero-order valence-electron chi connectivity index (χ0n) is 10.7. The third-order valence-corrected chi connectivity index (χ3v) is 2.79. The Morgan fingerprint density at radius 1 is 1.35 bits per heavy atom. The monoisotopic (exact) mass is 265 g/mol. The molecule has 17 heavy (non-hydrogen) atoms. The molecule has 0 aliphatic rings. The molecule has 2 N–H and O–H groups in total. The van der Waals surface area contributed by atoms with Gasteiger partial charge in [-0.3, -0.25) is 9.05 Å². The van der Waals surface area contributed by atoms with Gasteiger partial charge in [-0.05, 0) is 0 Å². The number of hydrogen-bond donors (Lipinski definition) is 2. The summed E-state index contributed by atoms with van der Waals surface area (Å²) in [4.78, 5) is 9.30. The van der Waals surface area contributed by atoms with Crippen LogP contribution in [-0.4, -0.2) is 63.4 Å². The number of terminal acetylenes is 1. The van der Waals surface area contributed by atoms with E-state index in [1.54, 1.807) is 0 Å². The van der Waals surface area contributed by atoms with Crippen LogP contribution in [0.2, 0.25) is 0 Å². The number of likely N-dealkylation sites (N-methyl/N-ethyl adjacent to an activating group) is 1. The van der Waals surface area contributed by atoms with Gasteiger partial charge in [-0.15, -0.1) is 6.42 Å². The van der Waals surface area contributed by atoms with Crippen molar-refractivity contribution in [1.29, 1.82) is 0 Å². The highest BCUT2D eigenvalue weighted by molar-refractivity contribution is 7.47. The minimum absolute atomic E-state index is 0.0832. The first-order chi connectivity index (χ1) is 7.77. The fourth-order valence-corrected chi connectivity index (χ4v) is 1.57. The van der Waals surface area contributed by atoms with Crippen LogP contribution in [0.5, 0.6) is 0 Å². The van der Waals surface area contributed by atoms with Crippen LogP contribution in [0.3, 0.4) is 0 Å². The normalized spacial score (nSPS) is 15.2. The minimum Gasteiger partial charge on any atom is -0.329 e. The van der Waals surface area contributed by atoms with Crippen molar-refractivity contribution in [2.75, 3.05) is 54.0 Å². The maximum atomic E-state index is 11.4. The molecule has 0 amide bonds. The summed E-state index contributed by atoms with van der Waals surface area (Å²) in [7, 11) is 1.98. The van der Waals surface area contributed by atoms with Gasteiger partial charge in [-0.1, -0.05) is 5.92 Å². The predicted octanol–water partition coefficient (Wildman–Crippen LogP) is 0.0490. The van der Waals surface area contributed by atoms with Crippen LogP contribution in [0.4, 0.5) is 0 Å². The van der Waals surface area contributed by atoms with Gasteiger partial charge in [-0.25, -0.2) is 4.57 Å². The van der Waals surface area contributed by atoms with Crippen LogP contribution in [0, 0.1) is 12.3 Å². The summed E-state index contributed by atoms with van der Waals surface area (Å²) >= 11 is 0. The lowest BCUT2D eigenvalue weighted by Gasteiger charge is -2.24. The molecule has 0 fully saturated rings. The summed E-state index contributed by atoms with van der Waals surface area (Å²) in [6.07, 6.45) is 5.02. The van der Waals surface area contributed by atoms with E-state index in [4.69, 9.17) is 15.5 Å². The number of nitrogens with zero attached hydrogens (tertiary/aromatic N) is 1. The summed E-state index contributed by atoms with van der Waals surface area (Å²) in [6.45, 7) is 1.70. The maximum absolute atomic E-state index is 11.4. The van der Waals surface area contributed by atoms with Crippen LogP contribution >= 0.6 is 7.82 Å². The zero-order chi connectivity index (χ0) is 13.4. The first-order valence-corrected chi connectivity index (χ1v) is 6.83. The second kappa shape index (κ2) is 7.83. The van der Waals surface area contributed by atoms with Crippen molar-refractivity contribution >= 4 is 7.82 Å². The first-order valence-electron chi connectivity index (χ1n) is 5.33. The third kappa shape index (κ3) is 11.8. The van der Waals surface area contributed by atoms with E-state index in [0.717, 1.165) is 0 Å². The Kier molecular flexibility index (Phi) is 7.64. The van der Waals surface area contributed by atoms with Gasteiger partial charge in [0.05, 0.1) is 34.3 Å². The SMILES string of the molecule is C#CCNCCOP(=O)(O)OCC[N+](C)(C)C. The van der Waals surface area contributed by atoms with Gasteiger partial charge in [0.2, 0.25) is 0 Å². The Bertz CT molecular complexity index is 296. The molecule has 0 bridgehead atoms. The molecule has 0 aromatic heterocycles. The highest BCUT2D eigenvalue weighted by Crippen LogP contribution is 2.42. The molecule has 0 radical (unpaired) electrons. The van der Waals surface area contributed by atoms with E-state index in [9.17, 15) is 9.46 Å². The highest BCUT2D eigenvalue weighted by atomic mass is 31.2. The molecule has 1 unspecified atom stereocenters. The van der Waals surface area contributed by atoms with Crippen molar-refractivity contribution in [2.45, 2.75) is 0 Å². The highest BCUT2D eigenvalue weighted by Gasteiger charge is 2.21. The van der Waals surface area contributed by atoms with Crippen LogP contribution in [0.1, 0.15) is 0 Å². The van der Waals surface area contributed by atoms with Crippen LogP contribution in [-0.2, 0) is 13.6 Å².